The number of carboxylic acid groups (broad SMARTS) is 1. The highest BCUT2D eigenvalue weighted by Crippen LogP contribution is 2.42. The number of nitrogens with zero attached hydrogens (tertiary/aromatic N) is 1. The molecule has 1 aliphatic heterocycles. The van der Waals surface area contributed by atoms with E-state index in [1.807, 2.05) is 0 Å². The van der Waals surface area contributed by atoms with Crippen LogP contribution in [0, 0.1) is 0 Å². The minimum absolute atomic E-state index is 0. The SMILES string of the molecule is CC(C(=O)O)N(C)CC(=O)Nc1ccc2c(c1)OC(F)(F)O2.Cl. The minimum atomic E-state index is -3.72. The molecule has 1 amide bonds. The van der Waals surface area contributed by atoms with Gasteiger partial charge in [0.15, 0.2) is 11.5 Å². The van der Waals surface area contributed by atoms with Crippen molar-refractivity contribution in [3.8, 4) is 11.5 Å². The smallest absolute Gasteiger partial charge is 0.480 e. The van der Waals surface area contributed by atoms with Gasteiger partial charge in [-0.15, -0.1) is 21.2 Å². The Hall–Kier alpha value is -2.13. The van der Waals surface area contributed by atoms with Gasteiger partial charge in [0.2, 0.25) is 5.91 Å². The van der Waals surface area contributed by atoms with Crippen LogP contribution in [0.4, 0.5) is 14.5 Å². The summed E-state index contributed by atoms with van der Waals surface area (Å²) >= 11 is 0. The minimum Gasteiger partial charge on any atom is -0.480 e. The van der Waals surface area contributed by atoms with Gasteiger partial charge in [0.05, 0.1) is 6.54 Å². The van der Waals surface area contributed by atoms with Crippen molar-refractivity contribution < 1.29 is 33.0 Å². The van der Waals surface area contributed by atoms with E-state index < -0.39 is 24.2 Å². The fourth-order valence-electron chi connectivity index (χ4n) is 1.78. The number of carbonyl (C=O) groups is 2. The van der Waals surface area contributed by atoms with Crippen LogP contribution in [-0.2, 0) is 9.59 Å². The summed E-state index contributed by atoms with van der Waals surface area (Å²) in [5.74, 6) is -1.85. The number of carboxylic acids is 1. The maximum Gasteiger partial charge on any atom is 0.586 e. The number of hydrogen-bond donors (Lipinski definition) is 2. The first-order valence-corrected chi connectivity index (χ1v) is 6.31. The molecule has 2 rings (SSSR count). The number of carbonyl (C=O) groups excluding carboxylic acids is 1. The van der Waals surface area contributed by atoms with Gasteiger partial charge in [-0.25, -0.2) is 0 Å². The largest absolute Gasteiger partial charge is 0.586 e. The molecule has 1 aromatic carbocycles. The van der Waals surface area contributed by atoms with Crippen LogP contribution >= 0.6 is 12.4 Å². The summed E-state index contributed by atoms with van der Waals surface area (Å²) < 4.78 is 34.3. The molecule has 10 heteroatoms. The summed E-state index contributed by atoms with van der Waals surface area (Å²) in [6.45, 7) is 1.27. The topological polar surface area (TPSA) is 88.1 Å². The average molecular weight is 353 g/mol. The van der Waals surface area contributed by atoms with Crippen molar-refractivity contribution in [2.75, 3.05) is 18.9 Å². The quantitative estimate of drug-likeness (QED) is 0.839. The van der Waals surface area contributed by atoms with Gasteiger partial charge in [0, 0.05) is 11.8 Å². The van der Waals surface area contributed by atoms with Crippen molar-refractivity contribution in [1.29, 1.82) is 0 Å². The molecule has 0 saturated carbocycles. The number of fused-ring (bicyclic) bond motifs is 1. The number of ether oxygens (including phenoxy) is 2. The number of halogens is 3. The zero-order valence-electron chi connectivity index (χ0n) is 12.2. The van der Waals surface area contributed by atoms with Crippen LogP contribution in [0.2, 0.25) is 0 Å². The van der Waals surface area contributed by atoms with E-state index in [4.69, 9.17) is 5.11 Å². The number of anilines is 1. The second-order valence-electron chi connectivity index (χ2n) is 4.81. The highest BCUT2D eigenvalue weighted by Gasteiger charge is 2.43. The number of hydrogen-bond acceptors (Lipinski definition) is 5. The van der Waals surface area contributed by atoms with Gasteiger partial charge in [-0.2, -0.15) is 0 Å². The molecule has 1 heterocycles. The number of nitrogens with one attached hydrogen (secondary N) is 1. The van der Waals surface area contributed by atoms with Crippen molar-refractivity contribution in [3.63, 3.8) is 0 Å². The van der Waals surface area contributed by atoms with Gasteiger partial charge in [-0.05, 0) is 26.1 Å². The fraction of sp³-hybridized carbons (Fsp3) is 0.385. The molecule has 0 spiro atoms. The third kappa shape index (κ3) is 4.67. The summed E-state index contributed by atoms with van der Waals surface area (Å²) in [5.41, 5.74) is 0.237. The highest BCUT2D eigenvalue weighted by molar-refractivity contribution is 5.93. The molecule has 1 aliphatic rings. The van der Waals surface area contributed by atoms with E-state index in [0.29, 0.717) is 0 Å². The molecular formula is C13H15ClF2N2O5. The Morgan fingerprint density at radius 3 is 2.57 bits per heavy atom. The number of likely N-dealkylation sites (N-methyl/N-ethyl adjacent to an activating group) is 1. The molecular weight excluding hydrogens is 338 g/mol. The van der Waals surface area contributed by atoms with Crippen molar-refractivity contribution in [1.82, 2.24) is 4.90 Å². The van der Waals surface area contributed by atoms with Gasteiger partial charge in [0.25, 0.3) is 0 Å². The van der Waals surface area contributed by atoms with Crippen LogP contribution < -0.4 is 14.8 Å². The van der Waals surface area contributed by atoms with Gasteiger partial charge >= 0.3 is 12.3 Å². The molecule has 0 bridgehead atoms. The summed E-state index contributed by atoms with van der Waals surface area (Å²) in [4.78, 5) is 23.9. The van der Waals surface area contributed by atoms with E-state index in [-0.39, 0.29) is 36.1 Å². The first-order valence-electron chi connectivity index (χ1n) is 6.31. The van der Waals surface area contributed by atoms with E-state index in [1.165, 1.54) is 37.1 Å². The Kier molecular flexibility index (Phi) is 5.73. The van der Waals surface area contributed by atoms with Crippen LogP contribution in [0.25, 0.3) is 0 Å². The fourth-order valence-corrected chi connectivity index (χ4v) is 1.78. The normalized spacial score (nSPS) is 15.7. The Bertz CT molecular complexity index is 614. The molecule has 23 heavy (non-hydrogen) atoms. The van der Waals surface area contributed by atoms with E-state index in [9.17, 15) is 18.4 Å². The predicted octanol–water partition coefficient (Wildman–Crippen LogP) is 1.77. The second kappa shape index (κ2) is 6.97. The Labute approximate surface area is 136 Å². The summed E-state index contributed by atoms with van der Waals surface area (Å²) in [6, 6.07) is 2.99. The van der Waals surface area contributed by atoms with Crippen LogP contribution in [-0.4, -0.2) is 47.8 Å². The van der Waals surface area contributed by atoms with E-state index in [1.54, 1.807) is 0 Å². The number of aliphatic carboxylic acids is 1. The summed E-state index contributed by atoms with van der Waals surface area (Å²) in [7, 11) is 1.48. The van der Waals surface area contributed by atoms with Gasteiger partial charge in [0.1, 0.15) is 6.04 Å². The van der Waals surface area contributed by atoms with E-state index in [2.05, 4.69) is 14.8 Å². The lowest BCUT2D eigenvalue weighted by Crippen LogP contribution is -2.40. The van der Waals surface area contributed by atoms with Crippen molar-refractivity contribution in [2.45, 2.75) is 19.3 Å². The number of rotatable bonds is 5. The van der Waals surface area contributed by atoms with Gasteiger partial charge in [-0.1, -0.05) is 0 Å². The first-order chi connectivity index (χ1) is 10.2. The monoisotopic (exact) mass is 352 g/mol. The third-order valence-electron chi connectivity index (χ3n) is 3.10. The standard InChI is InChI=1S/C13H14F2N2O5.ClH/c1-7(12(19)20)17(2)6-11(18)16-8-3-4-9-10(5-8)22-13(14,15)21-9;/h3-5,7H,6H2,1-2H3,(H,16,18)(H,19,20);1H. The Balaban J connectivity index is 0.00000264. The number of alkyl halides is 2. The summed E-state index contributed by atoms with van der Waals surface area (Å²) in [5, 5.41) is 11.3. The lowest BCUT2D eigenvalue weighted by atomic mass is 10.2. The van der Waals surface area contributed by atoms with E-state index >= 15 is 0 Å². The van der Waals surface area contributed by atoms with E-state index in [0.717, 1.165) is 0 Å². The Morgan fingerprint density at radius 2 is 1.96 bits per heavy atom. The maximum atomic E-state index is 12.9. The molecule has 0 fully saturated rings. The number of amides is 1. The first kappa shape index (κ1) is 18.9. The lowest BCUT2D eigenvalue weighted by molar-refractivity contribution is -0.286. The van der Waals surface area contributed by atoms with Crippen LogP contribution in [0.3, 0.4) is 0 Å². The predicted molar refractivity (Wildman–Crippen MR) is 78.3 cm³/mol. The molecule has 7 nitrogen and oxygen atoms in total. The van der Waals surface area contributed by atoms with Crippen molar-refractivity contribution in [3.05, 3.63) is 18.2 Å². The molecule has 0 radical (unpaired) electrons. The van der Waals surface area contributed by atoms with Crippen molar-refractivity contribution >= 4 is 30.0 Å². The third-order valence-corrected chi connectivity index (χ3v) is 3.10. The highest BCUT2D eigenvalue weighted by atomic mass is 35.5. The maximum absolute atomic E-state index is 12.9. The Morgan fingerprint density at radius 1 is 1.35 bits per heavy atom. The van der Waals surface area contributed by atoms with Crippen LogP contribution in [0.5, 0.6) is 11.5 Å². The molecule has 1 unspecified atom stereocenters. The lowest BCUT2D eigenvalue weighted by Gasteiger charge is -2.20. The van der Waals surface area contributed by atoms with Crippen LogP contribution in [0.1, 0.15) is 6.92 Å². The molecule has 0 saturated heterocycles. The zero-order valence-corrected chi connectivity index (χ0v) is 13.0. The summed E-state index contributed by atoms with van der Waals surface area (Å²) in [6.07, 6.45) is -3.72. The molecule has 1 aromatic rings. The average Bonchev–Trinajstić information content (AvgIpc) is 2.70. The van der Waals surface area contributed by atoms with Crippen LogP contribution in [0.15, 0.2) is 18.2 Å². The van der Waals surface area contributed by atoms with Gasteiger partial charge < -0.3 is 19.9 Å². The zero-order chi connectivity index (χ0) is 16.5. The van der Waals surface area contributed by atoms with Crippen molar-refractivity contribution in [2.24, 2.45) is 0 Å². The molecule has 1 atom stereocenters. The number of benzene rings is 1. The molecule has 0 aromatic heterocycles. The molecule has 128 valence electrons. The second-order valence-corrected chi connectivity index (χ2v) is 4.81. The molecule has 2 N–H and O–H groups in total. The van der Waals surface area contributed by atoms with Gasteiger partial charge in [-0.3, -0.25) is 14.5 Å². The molecule has 0 aliphatic carbocycles.